The van der Waals surface area contributed by atoms with E-state index >= 15 is 0 Å². The van der Waals surface area contributed by atoms with Crippen LogP contribution < -0.4 is 0 Å². The van der Waals surface area contributed by atoms with Crippen LogP contribution >= 0.6 is 11.6 Å². The molecule has 3 nitrogen and oxygen atoms in total. The lowest BCUT2D eigenvalue weighted by Gasteiger charge is -2.02. The molecule has 1 unspecified atom stereocenters. The smallest absolute Gasteiger partial charge is 0.146 e. The lowest BCUT2D eigenvalue weighted by atomic mass is 10.0. The average molecular weight is 247 g/mol. The van der Waals surface area contributed by atoms with Crippen LogP contribution in [0.5, 0.6) is 0 Å². The van der Waals surface area contributed by atoms with Crippen LogP contribution in [0.2, 0.25) is 0 Å². The van der Waals surface area contributed by atoms with Crippen LogP contribution in [0.25, 0.3) is 10.9 Å². The number of oxime groups is 1. The van der Waals surface area contributed by atoms with Crippen molar-refractivity contribution in [3.05, 3.63) is 42.1 Å². The van der Waals surface area contributed by atoms with Crippen molar-refractivity contribution >= 4 is 28.2 Å². The molecular weight excluding hydrogens is 236 g/mol. The highest BCUT2D eigenvalue weighted by Gasteiger charge is 2.21. The van der Waals surface area contributed by atoms with Crippen LogP contribution in [0, 0.1) is 0 Å². The zero-order chi connectivity index (χ0) is 11.7. The first-order valence-electron chi connectivity index (χ1n) is 5.50. The molecule has 0 saturated heterocycles. The monoisotopic (exact) mass is 246 g/mol. The third-order valence-corrected chi connectivity index (χ3v) is 3.19. The minimum Gasteiger partial charge on any atom is -0.391 e. The zero-order valence-electron chi connectivity index (χ0n) is 9.14. The molecule has 0 fully saturated rings. The molecular formula is C13H11ClN2O. The van der Waals surface area contributed by atoms with Gasteiger partial charge in [-0.25, -0.2) is 0 Å². The van der Waals surface area contributed by atoms with Gasteiger partial charge < -0.3 is 4.84 Å². The van der Waals surface area contributed by atoms with Crippen molar-refractivity contribution in [1.82, 2.24) is 4.98 Å². The van der Waals surface area contributed by atoms with E-state index in [0.29, 0.717) is 5.88 Å². The van der Waals surface area contributed by atoms with Crippen molar-refractivity contribution in [2.45, 2.75) is 12.5 Å². The quantitative estimate of drug-likeness (QED) is 0.764. The number of benzene rings is 1. The summed E-state index contributed by atoms with van der Waals surface area (Å²) in [6.07, 6.45) is 2.58. The number of nitrogens with zero attached hydrogens (tertiary/aromatic N) is 2. The summed E-state index contributed by atoms with van der Waals surface area (Å²) in [5.41, 5.74) is 3.03. The number of pyridine rings is 1. The predicted molar refractivity (Wildman–Crippen MR) is 68.5 cm³/mol. The van der Waals surface area contributed by atoms with Crippen molar-refractivity contribution in [2.24, 2.45) is 5.16 Å². The summed E-state index contributed by atoms with van der Waals surface area (Å²) in [5.74, 6) is 0.474. The van der Waals surface area contributed by atoms with E-state index in [9.17, 15) is 0 Å². The summed E-state index contributed by atoms with van der Waals surface area (Å²) in [4.78, 5) is 9.51. The first-order valence-corrected chi connectivity index (χ1v) is 6.04. The van der Waals surface area contributed by atoms with Gasteiger partial charge in [0.15, 0.2) is 0 Å². The van der Waals surface area contributed by atoms with Gasteiger partial charge >= 0.3 is 0 Å². The summed E-state index contributed by atoms with van der Waals surface area (Å²) >= 11 is 5.75. The van der Waals surface area contributed by atoms with Crippen LogP contribution in [-0.2, 0) is 4.84 Å². The fraction of sp³-hybridized carbons (Fsp3) is 0.231. The van der Waals surface area contributed by atoms with Crippen LogP contribution in [0.15, 0.2) is 41.7 Å². The molecule has 17 heavy (non-hydrogen) atoms. The lowest BCUT2D eigenvalue weighted by molar-refractivity contribution is 0.102. The molecule has 4 heteroatoms. The molecule has 0 N–H and O–H groups in total. The maximum atomic E-state index is 5.75. The van der Waals surface area contributed by atoms with E-state index < -0.39 is 0 Å². The van der Waals surface area contributed by atoms with Gasteiger partial charge in [-0.15, -0.1) is 11.6 Å². The number of rotatable bonds is 2. The number of fused-ring (bicyclic) bond motifs is 1. The Balaban J connectivity index is 1.96. The Morgan fingerprint density at radius 1 is 1.35 bits per heavy atom. The summed E-state index contributed by atoms with van der Waals surface area (Å²) in [6, 6.07) is 10.1. The van der Waals surface area contributed by atoms with E-state index in [0.717, 1.165) is 28.6 Å². The molecule has 0 amide bonds. The first-order chi connectivity index (χ1) is 8.36. The molecule has 3 rings (SSSR count). The van der Waals surface area contributed by atoms with Crippen molar-refractivity contribution in [2.75, 3.05) is 5.88 Å². The molecule has 1 aliphatic rings. The standard InChI is InChI=1S/C13H11ClN2O/c14-8-11-7-13(16-17-11)10-3-4-12-9(6-10)2-1-5-15-12/h1-6,11H,7-8H2. The highest BCUT2D eigenvalue weighted by Crippen LogP contribution is 2.20. The van der Waals surface area contributed by atoms with Gasteiger partial charge in [-0.1, -0.05) is 17.3 Å². The van der Waals surface area contributed by atoms with E-state index in [4.69, 9.17) is 16.4 Å². The largest absolute Gasteiger partial charge is 0.391 e. The maximum absolute atomic E-state index is 5.75. The van der Waals surface area contributed by atoms with Crippen molar-refractivity contribution in [3.63, 3.8) is 0 Å². The van der Waals surface area contributed by atoms with Gasteiger partial charge in [-0.05, 0) is 18.2 Å². The number of alkyl halides is 1. The average Bonchev–Trinajstić information content (AvgIpc) is 2.87. The predicted octanol–water partition coefficient (Wildman–Crippen LogP) is 2.97. The van der Waals surface area contributed by atoms with Gasteiger partial charge in [0.1, 0.15) is 6.10 Å². The minimum atomic E-state index is 0.0104. The number of halogens is 1. The van der Waals surface area contributed by atoms with Gasteiger partial charge in [0, 0.05) is 23.6 Å². The number of hydrogen-bond donors (Lipinski definition) is 0. The van der Waals surface area contributed by atoms with Crippen molar-refractivity contribution < 1.29 is 4.84 Å². The van der Waals surface area contributed by atoms with Gasteiger partial charge in [-0.2, -0.15) is 0 Å². The molecule has 1 aromatic carbocycles. The second kappa shape index (κ2) is 4.34. The first kappa shape index (κ1) is 10.5. The van der Waals surface area contributed by atoms with Crippen LogP contribution in [0.1, 0.15) is 12.0 Å². The van der Waals surface area contributed by atoms with E-state index in [1.807, 2.05) is 24.3 Å². The van der Waals surface area contributed by atoms with E-state index in [2.05, 4.69) is 16.2 Å². The second-order valence-corrected chi connectivity index (χ2v) is 4.34. The molecule has 0 spiro atoms. The Morgan fingerprint density at radius 3 is 3.12 bits per heavy atom. The fourth-order valence-corrected chi connectivity index (χ4v) is 2.10. The van der Waals surface area contributed by atoms with Crippen LogP contribution in [0.3, 0.4) is 0 Å². The number of hydrogen-bond acceptors (Lipinski definition) is 3. The summed E-state index contributed by atoms with van der Waals surface area (Å²) in [6.45, 7) is 0. The van der Waals surface area contributed by atoms with Gasteiger partial charge in [0.25, 0.3) is 0 Å². The summed E-state index contributed by atoms with van der Waals surface area (Å²) < 4.78 is 0. The van der Waals surface area contributed by atoms with Gasteiger partial charge in [0.05, 0.1) is 17.1 Å². The molecule has 1 atom stereocenters. The topological polar surface area (TPSA) is 34.5 Å². The summed E-state index contributed by atoms with van der Waals surface area (Å²) in [7, 11) is 0. The minimum absolute atomic E-state index is 0.0104. The maximum Gasteiger partial charge on any atom is 0.146 e. The Hall–Kier alpha value is -1.61. The van der Waals surface area contributed by atoms with Gasteiger partial charge in [-0.3, -0.25) is 4.98 Å². The van der Waals surface area contributed by atoms with Crippen LogP contribution in [-0.4, -0.2) is 22.7 Å². The van der Waals surface area contributed by atoms with E-state index in [1.54, 1.807) is 6.20 Å². The molecule has 2 heterocycles. The normalized spacial score (nSPS) is 19.1. The molecule has 86 valence electrons. The van der Waals surface area contributed by atoms with E-state index in [1.165, 1.54) is 0 Å². The fourth-order valence-electron chi connectivity index (χ4n) is 1.94. The third-order valence-electron chi connectivity index (χ3n) is 2.84. The van der Waals surface area contributed by atoms with Crippen molar-refractivity contribution in [3.8, 4) is 0 Å². The summed E-state index contributed by atoms with van der Waals surface area (Å²) in [5, 5.41) is 5.19. The van der Waals surface area contributed by atoms with Gasteiger partial charge in [0.2, 0.25) is 0 Å². The highest BCUT2D eigenvalue weighted by atomic mass is 35.5. The highest BCUT2D eigenvalue weighted by molar-refractivity contribution is 6.18. The molecule has 1 aliphatic heterocycles. The molecule has 1 aromatic heterocycles. The third kappa shape index (κ3) is 1.98. The van der Waals surface area contributed by atoms with Crippen molar-refractivity contribution in [1.29, 1.82) is 0 Å². The second-order valence-electron chi connectivity index (χ2n) is 4.03. The Labute approximate surface area is 104 Å². The Bertz CT molecular complexity index is 582. The number of aromatic nitrogens is 1. The lowest BCUT2D eigenvalue weighted by Crippen LogP contribution is -2.09. The van der Waals surface area contributed by atoms with Crippen LogP contribution in [0.4, 0.5) is 0 Å². The zero-order valence-corrected chi connectivity index (χ0v) is 9.89. The molecule has 0 radical (unpaired) electrons. The molecule has 0 bridgehead atoms. The molecule has 0 aliphatic carbocycles. The SMILES string of the molecule is ClCC1CC(c2ccc3ncccc3c2)=NO1. The van der Waals surface area contributed by atoms with E-state index in [-0.39, 0.29) is 6.10 Å². The molecule has 2 aromatic rings. The molecule has 0 saturated carbocycles. The Morgan fingerprint density at radius 2 is 2.29 bits per heavy atom. The Kier molecular flexibility index (Phi) is 2.69.